The average molecular weight is 414 g/mol. The molecule has 0 fully saturated rings. The van der Waals surface area contributed by atoms with Gasteiger partial charge in [0, 0.05) is 16.6 Å². The third-order valence-electron chi connectivity index (χ3n) is 4.55. The van der Waals surface area contributed by atoms with Gasteiger partial charge < -0.3 is 18.8 Å². The summed E-state index contributed by atoms with van der Waals surface area (Å²) in [7, 11) is 0. The van der Waals surface area contributed by atoms with Gasteiger partial charge in [-0.15, -0.1) is 10.2 Å². The van der Waals surface area contributed by atoms with Crippen LogP contribution in [0.5, 0.6) is 11.5 Å². The fourth-order valence-electron chi connectivity index (χ4n) is 3.01. The van der Waals surface area contributed by atoms with E-state index in [0.717, 1.165) is 5.56 Å². The Bertz CT molecular complexity index is 1000. The second-order valence-corrected chi connectivity index (χ2v) is 7.37. The van der Waals surface area contributed by atoms with Crippen LogP contribution in [0.1, 0.15) is 19.7 Å². The summed E-state index contributed by atoms with van der Waals surface area (Å²) in [5, 5.41) is 8.79. The molecule has 3 aromatic rings. The van der Waals surface area contributed by atoms with Crippen molar-refractivity contribution in [2.45, 2.75) is 32.5 Å². The summed E-state index contributed by atoms with van der Waals surface area (Å²) >= 11 is 5.92. The fourth-order valence-corrected chi connectivity index (χ4v) is 3.14. The second kappa shape index (κ2) is 8.13. The molecule has 1 aromatic heterocycles. The number of aromatic nitrogens is 2. The number of halogens is 1. The Morgan fingerprint density at radius 2 is 1.86 bits per heavy atom. The van der Waals surface area contributed by atoms with Crippen molar-refractivity contribution in [3.05, 3.63) is 59.4 Å². The number of amides is 1. The van der Waals surface area contributed by atoms with Crippen molar-refractivity contribution < 1.29 is 18.7 Å². The Balaban J connectivity index is 1.49. The summed E-state index contributed by atoms with van der Waals surface area (Å²) in [5.41, 5.74) is 0.760. The van der Waals surface area contributed by atoms with Gasteiger partial charge in [0.25, 0.3) is 5.91 Å². The van der Waals surface area contributed by atoms with Crippen LogP contribution in [-0.4, -0.2) is 39.8 Å². The lowest BCUT2D eigenvalue weighted by atomic mass is 10.2. The van der Waals surface area contributed by atoms with E-state index >= 15 is 0 Å². The Kier molecular flexibility index (Phi) is 5.40. The van der Waals surface area contributed by atoms with E-state index in [2.05, 4.69) is 10.2 Å². The first kappa shape index (κ1) is 19.3. The quantitative estimate of drug-likeness (QED) is 0.629. The zero-order valence-corrected chi connectivity index (χ0v) is 16.8. The van der Waals surface area contributed by atoms with Crippen LogP contribution in [0.25, 0.3) is 11.5 Å². The molecule has 0 aliphatic carbocycles. The molecule has 0 N–H and O–H groups in total. The zero-order chi connectivity index (χ0) is 20.4. The van der Waals surface area contributed by atoms with Crippen molar-refractivity contribution in [2.75, 3.05) is 6.61 Å². The number of para-hydroxylation sites is 2. The number of nitrogens with zero attached hydrogens (tertiary/aromatic N) is 3. The number of hydrogen-bond donors (Lipinski definition) is 0. The molecular formula is C21H20ClN3O4. The Labute approximate surface area is 173 Å². The van der Waals surface area contributed by atoms with Crippen LogP contribution in [0.4, 0.5) is 0 Å². The average Bonchev–Trinajstić information content (AvgIpc) is 3.20. The smallest absolute Gasteiger partial charge is 0.267 e. The molecule has 150 valence electrons. The van der Waals surface area contributed by atoms with E-state index in [1.165, 1.54) is 0 Å². The molecule has 1 aliphatic heterocycles. The Morgan fingerprint density at radius 3 is 2.59 bits per heavy atom. The minimum absolute atomic E-state index is 0.0887. The van der Waals surface area contributed by atoms with Crippen LogP contribution in [-0.2, 0) is 11.3 Å². The largest absolute Gasteiger partial charge is 0.485 e. The van der Waals surface area contributed by atoms with Crippen LogP contribution in [0.3, 0.4) is 0 Å². The summed E-state index contributed by atoms with van der Waals surface area (Å²) in [5.74, 6) is 1.72. The summed E-state index contributed by atoms with van der Waals surface area (Å²) in [6.45, 7) is 4.18. The standard InChI is InChI=1S/C21H20ClN3O4/c1-13(2)25(21(26)18-12-27-16-5-3-4-6-17(16)28-18)11-19-23-24-20(29-19)14-7-9-15(22)10-8-14/h3-10,13,18H,11-12H2,1-2H3. The molecule has 0 saturated heterocycles. The molecule has 29 heavy (non-hydrogen) atoms. The first-order chi connectivity index (χ1) is 14.0. The highest BCUT2D eigenvalue weighted by atomic mass is 35.5. The molecule has 0 radical (unpaired) electrons. The first-order valence-corrected chi connectivity index (χ1v) is 9.66. The summed E-state index contributed by atoms with van der Waals surface area (Å²) in [4.78, 5) is 14.7. The van der Waals surface area contributed by atoms with Crippen molar-refractivity contribution in [1.29, 1.82) is 0 Å². The van der Waals surface area contributed by atoms with Crippen LogP contribution >= 0.6 is 11.6 Å². The molecule has 4 rings (SSSR count). The number of benzene rings is 2. The molecule has 1 aliphatic rings. The van der Waals surface area contributed by atoms with E-state index in [1.807, 2.05) is 32.0 Å². The molecule has 2 heterocycles. The van der Waals surface area contributed by atoms with Crippen LogP contribution < -0.4 is 9.47 Å². The van der Waals surface area contributed by atoms with Gasteiger partial charge in [0.05, 0.1) is 6.54 Å². The summed E-state index contributed by atoms with van der Waals surface area (Å²) < 4.78 is 17.3. The van der Waals surface area contributed by atoms with Gasteiger partial charge in [-0.3, -0.25) is 4.79 Å². The normalized spacial score (nSPS) is 15.4. The fraction of sp³-hybridized carbons (Fsp3) is 0.286. The predicted molar refractivity (Wildman–Crippen MR) is 107 cm³/mol. The molecular weight excluding hydrogens is 394 g/mol. The first-order valence-electron chi connectivity index (χ1n) is 9.28. The number of rotatable bonds is 5. The molecule has 2 aromatic carbocycles. The second-order valence-electron chi connectivity index (χ2n) is 6.93. The molecule has 0 spiro atoms. The molecule has 0 bridgehead atoms. The van der Waals surface area contributed by atoms with Crippen molar-refractivity contribution in [3.8, 4) is 23.0 Å². The zero-order valence-electron chi connectivity index (χ0n) is 16.0. The monoisotopic (exact) mass is 413 g/mol. The van der Waals surface area contributed by atoms with Crippen molar-refractivity contribution in [1.82, 2.24) is 15.1 Å². The third-order valence-corrected chi connectivity index (χ3v) is 4.81. The topological polar surface area (TPSA) is 77.7 Å². The molecule has 1 atom stereocenters. The van der Waals surface area contributed by atoms with Crippen molar-refractivity contribution >= 4 is 17.5 Å². The van der Waals surface area contributed by atoms with Crippen LogP contribution in [0.15, 0.2) is 52.9 Å². The number of fused-ring (bicyclic) bond motifs is 1. The molecule has 0 saturated carbocycles. The maximum absolute atomic E-state index is 13.1. The van der Waals surface area contributed by atoms with E-state index in [1.54, 1.807) is 35.2 Å². The van der Waals surface area contributed by atoms with E-state index in [4.69, 9.17) is 25.5 Å². The molecule has 1 unspecified atom stereocenters. The summed E-state index contributed by atoms with van der Waals surface area (Å²) in [6.07, 6.45) is -0.731. The Morgan fingerprint density at radius 1 is 1.14 bits per heavy atom. The third kappa shape index (κ3) is 4.19. The van der Waals surface area contributed by atoms with Gasteiger partial charge in [-0.1, -0.05) is 23.7 Å². The minimum atomic E-state index is -0.731. The highest BCUT2D eigenvalue weighted by Crippen LogP contribution is 2.31. The minimum Gasteiger partial charge on any atom is -0.485 e. The molecule has 1 amide bonds. The lowest BCUT2D eigenvalue weighted by molar-refractivity contribution is -0.144. The number of carbonyl (C=O) groups is 1. The van der Waals surface area contributed by atoms with Gasteiger partial charge in [0.15, 0.2) is 11.5 Å². The number of carbonyl (C=O) groups excluding carboxylic acids is 1. The predicted octanol–water partition coefficient (Wildman–Crippen LogP) is 3.97. The van der Waals surface area contributed by atoms with E-state index in [0.29, 0.717) is 28.3 Å². The van der Waals surface area contributed by atoms with Gasteiger partial charge in [0.2, 0.25) is 17.9 Å². The van der Waals surface area contributed by atoms with Crippen molar-refractivity contribution in [3.63, 3.8) is 0 Å². The number of ether oxygens (including phenoxy) is 2. The molecule has 7 nitrogen and oxygen atoms in total. The van der Waals surface area contributed by atoms with Crippen molar-refractivity contribution in [2.24, 2.45) is 0 Å². The lowest BCUT2D eigenvalue weighted by Gasteiger charge is -2.32. The maximum atomic E-state index is 13.1. The van der Waals surface area contributed by atoms with E-state index < -0.39 is 6.10 Å². The van der Waals surface area contributed by atoms with Crippen LogP contribution in [0.2, 0.25) is 5.02 Å². The van der Waals surface area contributed by atoms with Gasteiger partial charge in [-0.25, -0.2) is 0 Å². The molecule has 8 heteroatoms. The van der Waals surface area contributed by atoms with E-state index in [-0.39, 0.29) is 25.1 Å². The number of hydrogen-bond acceptors (Lipinski definition) is 6. The summed E-state index contributed by atoms with van der Waals surface area (Å²) in [6, 6.07) is 14.3. The van der Waals surface area contributed by atoms with Gasteiger partial charge >= 0.3 is 0 Å². The Hall–Kier alpha value is -3.06. The van der Waals surface area contributed by atoms with Gasteiger partial charge in [0.1, 0.15) is 6.61 Å². The maximum Gasteiger partial charge on any atom is 0.267 e. The van der Waals surface area contributed by atoms with Gasteiger partial charge in [-0.2, -0.15) is 0 Å². The van der Waals surface area contributed by atoms with Gasteiger partial charge in [-0.05, 0) is 50.2 Å². The highest BCUT2D eigenvalue weighted by Gasteiger charge is 2.33. The lowest BCUT2D eigenvalue weighted by Crippen LogP contribution is -2.48. The SMILES string of the molecule is CC(C)N(Cc1nnc(-c2ccc(Cl)cc2)o1)C(=O)C1COc2ccccc2O1. The highest BCUT2D eigenvalue weighted by molar-refractivity contribution is 6.30. The van der Waals surface area contributed by atoms with E-state index in [9.17, 15) is 4.79 Å². The van der Waals surface area contributed by atoms with Crippen LogP contribution in [0, 0.1) is 0 Å².